The van der Waals surface area contributed by atoms with Crippen LogP contribution in [0.3, 0.4) is 0 Å². The van der Waals surface area contributed by atoms with Crippen molar-refractivity contribution in [2.45, 2.75) is 40.5 Å². The zero-order valence-corrected chi connectivity index (χ0v) is 8.72. The van der Waals surface area contributed by atoms with E-state index >= 15 is 0 Å². The van der Waals surface area contributed by atoms with E-state index < -0.39 is 0 Å². The minimum Gasteiger partial charge on any atom is -0.0683 e. The quantitative estimate of drug-likeness (QED) is 0.617. The summed E-state index contributed by atoms with van der Waals surface area (Å²) in [7, 11) is 0. The molecule has 0 aliphatic heterocycles. The van der Waals surface area contributed by atoms with Crippen LogP contribution in [0, 0.1) is 6.92 Å². The largest absolute Gasteiger partial charge is 0.0683 e. The van der Waals surface area contributed by atoms with Gasteiger partial charge in [-0.05, 0) is 18.9 Å². The normalized spacial score (nSPS) is 8.67. The van der Waals surface area contributed by atoms with Crippen molar-refractivity contribution in [2.24, 2.45) is 0 Å². The molecular formula is C12H22. The molecule has 0 amide bonds. The monoisotopic (exact) mass is 166 g/mol. The molecule has 1 aromatic carbocycles. The van der Waals surface area contributed by atoms with Crippen molar-refractivity contribution in [3.05, 3.63) is 35.4 Å². The molecule has 0 aromatic heterocycles. The molecule has 0 unspecified atom stereocenters. The van der Waals surface area contributed by atoms with Gasteiger partial charge < -0.3 is 0 Å². The maximum Gasteiger partial charge on any atom is 0 e. The fourth-order valence-corrected chi connectivity index (χ4v) is 1.04. The molecule has 0 aliphatic carbocycles. The maximum absolute atomic E-state index is 2.21. The first kappa shape index (κ1) is 11.2. The van der Waals surface area contributed by atoms with Gasteiger partial charge in [-0.2, -0.15) is 0 Å². The van der Waals surface area contributed by atoms with Crippen LogP contribution in [0.2, 0.25) is 0 Å². The van der Waals surface area contributed by atoms with Crippen LogP contribution in [0.4, 0.5) is 0 Å². The van der Waals surface area contributed by atoms with Crippen LogP contribution in [0.5, 0.6) is 0 Å². The fraction of sp³-hybridized carbons (Fsp3) is 0.500. The molecule has 0 heteroatoms. The molecule has 0 bridgehead atoms. The van der Waals surface area contributed by atoms with Gasteiger partial charge in [-0.3, -0.25) is 0 Å². The lowest BCUT2D eigenvalue weighted by atomic mass is 10.1. The molecule has 0 radical (unpaired) electrons. The molecule has 0 atom stereocenters. The molecule has 12 heavy (non-hydrogen) atoms. The van der Waals surface area contributed by atoms with E-state index in [1.54, 1.807) is 0 Å². The molecule has 0 nitrogen and oxygen atoms in total. The topological polar surface area (TPSA) is 0 Å². The van der Waals surface area contributed by atoms with Gasteiger partial charge in [-0.15, -0.1) is 0 Å². The van der Waals surface area contributed by atoms with Gasteiger partial charge in [-0.25, -0.2) is 0 Å². The van der Waals surface area contributed by atoms with E-state index in [1.807, 2.05) is 13.8 Å². The number of hydrogen-bond donors (Lipinski definition) is 0. The maximum atomic E-state index is 2.21. The van der Waals surface area contributed by atoms with E-state index in [0.29, 0.717) is 0 Å². The summed E-state index contributed by atoms with van der Waals surface area (Å²) in [5.74, 6) is 0. The van der Waals surface area contributed by atoms with Crippen molar-refractivity contribution < 1.29 is 1.43 Å². The first-order valence-electron chi connectivity index (χ1n) is 4.88. The Morgan fingerprint density at radius 2 is 1.58 bits per heavy atom. The van der Waals surface area contributed by atoms with Gasteiger partial charge in [0.1, 0.15) is 0 Å². The third kappa shape index (κ3) is 4.17. The highest BCUT2D eigenvalue weighted by molar-refractivity contribution is 5.21. The fourth-order valence-electron chi connectivity index (χ4n) is 1.04. The predicted octanol–water partition coefficient (Wildman–Crippen LogP) is 4.22. The molecule has 0 fully saturated rings. The zero-order valence-electron chi connectivity index (χ0n) is 8.72. The lowest BCUT2D eigenvalue weighted by Gasteiger charge is -1.97. The number of hydrogen-bond acceptors (Lipinski definition) is 0. The van der Waals surface area contributed by atoms with E-state index in [9.17, 15) is 0 Å². The van der Waals surface area contributed by atoms with Gasteiger partial charge in [0.05, 0.1) is 0 Å². The van der Waals surface area contributed by atoms with Crippen molar-refractivity contribution in [3.8, 4) is 0 Å². The highest BCUT2D eigenvalue weighted by Crippen LogP contribution is 2.04. The first-order chi connectivity index (χ1) is 5.83. The second kappa shape index (κ2) is 6.90. The molecule has 1 aromatic rings. The van der Waals surface area contributed by atoms with Gasteiger partial charge in [-0.1, -0.05) is 57.0 Å². The number of benzene rings is 1. The number of rotatable bonds is 2. The van der Waals surface area contributed by atoms with E-state index in [4.69, 9.17) is 0 Å². The minimum absolute atomic E-state index is 0. The summed E-state index contributed by atoms with van der Waals surface area (Å²) in [6.07, 6.45) is 2.45. The van der Waals surface area contributed by atoms with Crippen molar-refractivity contribution in [1.82, 2.24) is 0 Å². The Morgan fingerprint density at radius 1 is 1.08 bits per heavy atom. The third-order valence-corrected chi connectivity index (χ3v) is 1.66. The molecule has 0 spiro atoms. The van der Waals surface area contributed by atoms with Crippen LogP contribution < -0.4 is 0 Å². The summed E-state index contributed by atoms with van der Waals surface area (Å²) in [6.45, 7) is 8.33. The Bertz CT molecular complexity index is 189. The Hall–Kier alpha value is -0.780. The van der Waals surface area contributed by atoms with Gasteiger partial charge in [0.25, 0.3) is 0 Å². The second-order valence-electron chi connectivity index (χ2n) is 2.74. The zero-order chi connectivity index (χ0) is 9.40. The molecule has 0 N–H and O–H groups in total. The summed E-state index contributed by atoms with van der Waals surface area (Å²) >= 11 is 0. The van der Waals surface area contributed by atoms with E-state index in [2.05, 4.69) is 38.1 Å². The first-order valence-corrected chi connectivity index (χ1v) is 4.88. The van der Waals surface area contributed by atoms with Crippen LogP contribution >= 0.6 is 0 Å². The Kier molecular flexibility index (Phi) is 6.45. The van der Waals surface area contributed by atoms with Crippen molar-refractivity contribution in [3.63, 3.8) is 0 Å². The SMILES string of the molecule is CC.CCCc1ccc(C)cc1.[HH]. The lowest BCUT2D eigenvalue weighted by molar-refractivity contribution is 0.921. The van der Waals surface area contributed by atoms with Gasteiger partial charge in [0.2, 0.25) is 0 Å². The van der Waals surface area contributed by atoms with Crippen molar-refractivity contribution in [2.75, 3.05) is 0 Å². The van der Waals surface area contributed by atoms with Gasteiger partial charge in [0.15, 0.2) is 0 Å². The number of aryl methyl sites for hydroxylation is 2. The Labute approximate surface area is 78.1 Å². The summed E-state index contributed by atoms with van der Waals surface area (Å²) in [6, 6.07) is 8.76. The van der Waals surface area contributed by atoms with Crippen molar-refractivity contribution in [1.29, 1.82) is 0 Å². The van der Waals surface area contributed by atoms with Crippen LogP contribution in [0.15, 0.2) is 24.3 Å². The predicted molar refractivity (Wildman–Crippen MR) is 58.6 cm³/mol. The molecule has 0 aliphatic rings. The molecule has 70 valence electrons. The van der Waals surface area contributed by atoms with Crippen LogP contribution in [0.25, 0.3) is 0 Å². The van der Waals surface area contributed by atoms with Crippen LogP contribution in [-0.2, 0) is 6.42 Å². The van der Waals surface area contributed by atoms with Crippen LogP contribution in [-0.4, -0.2) is 0 Å². The Morgan fingerprint density at radius 3 is 2.00 bits per heavy atom. The summed E-state index contributed by atoms with van der Waals surface area (Å²) in [4.78, 5) is 0. The third-order valence-electron chi connectivity index (χ3n) is 1.66. The second-order valence-corrected chi connectivity index (χ2v) is 2.74. The summed E-state index contributed by atoms with van der Waals surface area (Å²) < 4.78 is 0. The Balaban J connectivity index is 0. The highest BCUT2D eigenvalue weighted by Gasteiger charge is 1.87. The summed E-state index contributed by atoms with van der Waals surface area (Å²) in [5, 5.41) is 0. The van der Waals surface area contributed by atoms with Gasteiger partial charge in [0, 0.05) is 1.43 Å². The van der Waals surface area contributed by atoms with E-state index in [-0.39, 0.29) is 1.43 Å². The van der Waals surface area contributed by atoms with Crippen molar-refractivity contribution >= 4 is 0 Å². The molecule has 0 saturated carbocycles. The molecular weight excluding hydrogens is 144 g/mol. The lowest BCUT2D eigenvalue weighted by Crippen LogP contribution is -1.81. The summed E-state index contributed by atoms with van der Waals surface area (Å²) in [5.41, 5.74) is 2.80. The standard InChI is InChI=1S/C10H14.C2H6.H2/c1-3-4-10-7-5-9(2)6-8-10;1-2;/h5-8H,3-4H2,1-2H3;1-2H3;1H. The average Bonchev–Trinajstić information content (AvgIpc) is 2.13. The highest BCUT2D eigenvalue weighted by atomic mass is 13.9. The van der Waals surface area contributed by atoms with Crippen LogP contribution in [0.1, 0.15) is 39.7 Å². The van der Waals surface area contributed by atoms with E-state index in [0.717, 1.165) is 0 Å². The molecule has 0 saturated heterocycles. The molecule has 1 rings (SSSR count). The average molecular weight is 166 g/mol. The smallest absolute Gasteiger partial charge is 0 e. The molecule has 0 heterocycles. The van der Waals surface area contributed by atoms with Gasteiger partial charge >= 0.3 is 0 Å². The minimum atomic E-state index is 0. The van der Waals surface area contributed by atoms with E-state index in [1.165, 1.54) is 24.0 Å².